The molecule has 0 radical (unpaired) electrons. The number of fused-ring (bicyclic) bond motifs is 1. The number of rotatable bonds is 3. The van der Waals surface area contributed by atoms with Crippen LogP contribution in [0.25, 0.3) is 22.2 Å². The van der Waals surface area contributed by atoms with Crippen LogP contribution in [0.4, 0.5) is 0 Å². The van der Waals surface area contributed by atoms with Crippen LogP contribution in [-0.2, 0) is 6.61 Å². The van der Waals surface area contributed by atoms with Gasteiger partial charge in [0.1, 0.15) is 0 Å². The normalized spacial score (nSPS) is 11.4. The number of para-hydroxylation sites is 1. The van der Waals surface area contributed by atoms with Gasteiger partial charge in [-0.2, -0.15) is 0 Å². The molecule has 102 valence electrons. The van der Waals surface area contributed by atoms with Crippen LogP contribution in [0.2, 0.25) is 0 Å². The summed E-state index contributed by atoms with van der Waals surface area (Å²) < 4.78 is 0. The van der Waals surface area contributed by atoms with Crippen molar-refractivity contribution < 1.29 is 5.11 Å². The molecule has 3 rings (SSSR count). The SMILES string of the molecule is CC(C)c1cnc(CO)c(-c2cc3ccccc3[nH]2)c1. The van der Waals surface area contributed by atoms with Gasteiger partial charge in [0.2, 0.25) is 0 Å². The molecule has 0 spiro atoms. The average Bonchev–Trinajstić information content (AvgIpc) is 2.90. The van der Waals surface area contributed by atoms with Crippen molar-refractivity contribution in [1.82, 2.24) is 9.97 Å². The van der Waals surface area contributed by atoms with Crippen LogP contribution in [0.1, 0.15) is 31.0 Å². The predicted molar refractivity (Wildman–Crippen MR) is 81.5 cm³/mol. The summed E-state index contributed by atoms with van der Waals surface area (Å²) in [4.78, 5) is 7.80. The van der Waals surface area contributed by atoms with Gasteiger partial charge in [-0.1, -0.05) is 32.0 Å². The number of aliphatic hydroxyl groups is 1. The second-order valence-electron chi connectivity index (χ2n) is 5.35. The summed E-state index contributed by atoms with van der Waals surface area (Å²) >= 11 is 0. The third-order valence-electron chi connectivity index (χ3n) is 3.63. The van der Waals surface area contributed by atoms with Crippen LogP contribution in [0.3, 0.4) is 0 Å². The molecule has 3 aromatic rings. The first-order valence-electron chi connectivity index (χ1n) is 6.87. The standard InChI is InChI=1S/C17H18N2O/c1-11(2)13-7-14(17(10-20)18-9-13)16-8-12-5-3-4-6-15(12)19-16/h3-9,11,19-20H,10H2,1-2H3. The molecule has 0 atom stereocenters. The van der Waals surface area contributed by atoms with Crippen LogP contribution < -0.4 is 0 Å². The number of aromatic nitrogens is 2. The lowest BCUT2D eigenvalue weighted by Gasteiger charge is -2.10. The zero-order chi connectivity index (χ0) is 14.1. The van der Waals surface area contributed by atoms with Gasteiger partial charge >= 0.3 is 0 Å². The summed E-state index contributed by atoms with van der Waals surface area (Å²) in [5.41, 5.74) is 4.97. The first-order chi connectivity index (χ1) is 9.69. The van der Waals surface area contributed by atoms with Crippen molar-refractivity contribution in [3.63, 3.8) is 0 Å². The quantitative estimate of drug-likeness (QED) is 0.756. The van der Waals surface area contributed by atoms with Crippen molar-refractivity contribution in [3.05, 3.63) is 53.9 Å². The van der Waals surface area contributed by atoms with Gasteiger partial charge in [0.05, 0.1) is 12.3 Å². The number of benzene rings is 1. The molecule has 1 aromatic carbocycles. The van der Waals surface area contributed by atoms with Gasteiger partial charge in [-0.25, -0.2) is 0 Å². The lowest BCUT2D eigenvalue weighted by Crippen LogP contribution is -1.98. The van der Waals surface area contributed by atoms with E-state index in [4.69, 9.17) is 0 Å². The minimum absolute atomic E-state index is 0.0525. The molecule has 20 heavy (non-hydrogen) atoms. The van der Waals surface area contributed by atoms with Crippen LogP contribution in [-0.4, -0.2) is 15.1 Å². The van der Waals surface area contributed by atoms with Crippen LogP contribution in [0, 0.1) is 0 Å². The fourth-order valence-electron chi connectivity index (χ4n) is 2.40. The molecular formula is C17H18N2O. The molecule has 0 aliphatic carbocycles. The van der Waals surface area contributed by atoms with Gasteiger partial charge in [-0.15, -0.1) is 0 Å². The molecule has 0 saturated carbocycles. The van der Waals surface area contributed by atoms with E-state index in [1.165, 1.54) is 10.9 Å². The maximum absolute atomic E-state index is 9.51. The molecule has 2 heterocycles. The third kappa shape index (κ3) is 2.21. The largest absolute Gasteiger partial charge is 0.390 e. The smallest absolute Gasteiger partial charge is 0.0859 e. The van der Waals surface area contributed by atoms with Gasteiger partial charge in [0.15, 0.2) is 0 Å². The lowest BCUT2D eigenvalue weighted by atomic mass is 10.0. The molecule has 0 unspecified atom stereocenters. The van der Waals surface area contributed by atoms with E-state index in [2.05, 4.69) is 48.1 Å². The Morgan fingerprint density at radius 1 is 1.20 bits per heavy atom. The first-order valence-corrected chi connectivity index (χ1v) is 6.87. The average molecular weight is 266 g/mol. The van der Waals surface area contributed by atoms with Gasteiger partial charge in [0.25, 0.3) is 0 Å². The third-order valence-corrected chi connectivity index (χ3v) is 3.63. The second kappa shape index (κ2) is 5.10. The minimum Gasteiger partial charge on any atom is -0.390 e. The van der Waals surface area contributed by atoms with Crippen molar-refractivity contribution in [2.75, 3.05) is 0 Å². The van der Waals surface area contributed by atoms with Gasteiger partial charge in [-0.05, 0) is 29.7 Å². The van der Waals surface area contributed by atoms with Crippen LogP contribution in [0.5, 0.6) is 0 Å². The summed E-state index contributed by atoms with van der Waals surface area (Å²) in [5.74, 6) is 0.415. The van der Waals surface area contributed by atoms with E-state index in [1.807, 2.05) is 18.3 Å². The van der Waals surface area contributed by atoms with Crippen LogP contribution in [0.15, 0.2) is 42.6 Å². The Morgan fingerprint density at radius 2 is 2.00 bits per heavy atom. The number of pyridine rings is 1. The number of H-pyrrole nitrogens is 1. The Balaban J connectivity index is 2.18. The Kier molecular flexibility index (Phi) is 3.28. The molecule has 0 saturated heterocycles. The Hall–Kier alpha value is -2.13. The van der Waals surface area contributed by atoms with Gasteiger partial charge < -0.3 is 10.1 Å². The van der Waals surface area contributed by atoms with Crippen molar-refractivity contribution in [3.8, 4) is 11.3 Å². The lowest BCUT2D eigenvalue weighted by molar-refractivity contribution is 0.277. The van der Waals surface area contributed by atoms with Gasteiger partial charge in [-0.3, -0.25) is 4.98 Å². The predicted octanol–water partition coefficient (Wildman–Crippen LogP) is 3.85. The van der Waals surface area contributed by atoms with E-state index >= 15 is 0 Å². The first kappa shape index (κ1) is 12.9. The van der Waals surface area contributed by atoms with E-state index in [0.29, 0.717) is 11.6 Å². The highest BCUT2D eigenvalue weighted by Gasteiger charge is 2.11. The van der Waals surface area contributed by atoms with Crippen LogP contribution >= 0.6 is 0 Å². The molecule has 2 aromatic heterocycles. The summed E-state index contributed by atoms with van der Waals surface area (Å²) in [6, 6.07) is 12.4. The molecule has 0 aliphatic heterocycles. The number of nitrogens with zero attached hydrogens (tertiary/aromatic N) is 1. The topological polar surface area (TPSA) is 48.9 Å². The fourth-order valence-corrected chi connectivity index (χ4v) is 2.40. The highest BCUT2D eigenvalue weighted by molar-refractivity contribution is 5.86. The highest BCUT2D eigenvalue weighted by Crippen LogP contribution is 2.28. The second-order valence-corrected chi connectivity index (χ2v) is 5.35. The zero-order valence-electron chi connectivity index (χ0n) is 11.7. The molecule has 0 amide bonds. The molecule has 3 heteroatoms. The Morgan fingerprint density at radius 3 is 2.70 bits per heavy atom. The van der Waals surface area contributed by atoms with Gasteiger partial charge in [0, 0.05) is 28.4 Å². The molecule has 3 nitrogen and oxygen atoms in total. The monoisotopic (exact) mass is 266 g/mol. The Bertz CT molecular complexity index is 711. The van der Waals surface area contributed by atoms with E-state index < -0.39 is 0 Å². The summed E-state index contributed by atoms with van der Waals surface area (Å²) in [5, 5.41) is 10.7. The van der Waals surface area contributed by atoms with E-state index in [-0.39, 0.29) is 6.61 Å². The van der Waals surface area contributed by atoms with Crippen molar-refractivity contribution in [1.29, 1.82) is 0 Å². The van der Waals surface area contributed by atoms with E-state index in [1.54, 1.807) is 0 Å². The maximum Gasteiger partial charge on any atom is 0.0859 e. The summed E-state index contributed by atoms with van der Waals surface area (Å²) in [6.07, 6.45) is 1.85. The fraction of sp³-hybridized carbons (Fsp3) is 0.235. The van der Waals surface area contributed by atoms with E-state index in [9.17, 15) is 5.11 Å². The van der Waals surface area contributed by atoms with Crippen molar-refractivity contribution in [2.24, 2.45) is 0 Å². The maximum atomic E-state index is 9.51. The summed E-state index contributed by atoms with van der Waals surface area (Å²) in [6.45, 7) is 4.23. The zero-order valence-corrected chi connectivity index (χ0v) is 11.7. The molecule has 2 N–H and O–H groups in total. The minimum atomic E-state index is -0.0525. The molecule has 0 aliphatic rings. The van der Waals surface area contributed by atoms with Crippen molar-refractivity contribution >= 4 is 10.9 Å². The molecular weight excluding hydrogens is 248 g/mol. The summed E-state index contributed by atoms with van der Waals surface area (Å²) in [7, 11) is 0. The van der Waals surface area contributed by atoms with E-state index in [0.717, 1.165) is 16.8 Å². The molecule has 0 fully saturated rings. The number of hydrogen-bond acceptors (Lipinski definition) is 2. The number of nitrogens with one attached hydrogen (secondary N) is 1. The number of hydrogen-bond donors (Lipinski definition) is 2. The number of aliphatic hydroxyl groups excluding tert-OH is 1. The highest BCUT2D eigenvalue weighted by atomic mass is 16.3. The van der Waals surface area contributed by atoms with Crippen molar-refractivity contribution in [2.45, 2.75) is 26.4 Å². The molecule has 0 bridgehead atoms. The number of aromatic amines is 1. The Labute approximate surface area is 118 Å².